The molecule has 1 saturated heterocycles. The molecule has 2 N–H and O–H groups in total. The summed E-state index contributed by atoms with van der Waals surface area (Å²) >= 11 is 0. The van der Waals surface area contributed by atoms with Crippen LogP contribution in [0.2, 0.25) is 0 Å². The molecule has 6 nitrogen and oxygen atoms in total. The molecule has 0 bridgehead atoms. The Hall–Kier alpha value is -1.82. The van der Waals surface area contributed by atoms with Crippen LogP contribution < -0.4 is 5.32 Å². The van der Waals surface area contributed by atoms with Gasteiger partial charge in [0, 0.05) is 18.8 Å². The van der Waals surface area contributed by atoms with Gasteiger partial charge in [0.15, 0.2) is 0 Å². The number of carboxylic acid groups (broad SMARTS) is 1. The smallest absolute Gasteiger partial charge is 0.352 e. The molecule has 116 valence electrons. The average Bonchev–Trinajstić information content (AvgIpc) is 2.94. The molecule has 2 heterocycles. The van der Waals surface area contributed by atoms with Gasteiger partial charge in [-0.25, -0.2) is 4.79 Å². The number of nitrogens with zero attached hydrogens (tertiary/aromatic N) is 2. The van der Waals surface area contributed by atoms with Gasteiger partial charge in [-0.1, -0.05) is 6.92 Å². The molecule has 21 heavy (non-hydrogen) atoms. The number of piperidine rings is 1. The molecule has 0 aromatic carbocycles. The minimum Gasteiger partial charge on any atom is -0.477 e. The molecule has 0 spiro atoms. The zero-order valence-corrected chi connectivity index (χ0v) is 12.4. The molecule has 0 unspecified atom stereocenters. The van der Waals surface area contributed by atoms with Crippen molar-refractivity contribution in [2.75, 3.05) is 19.6 Å². The number of carbonyl (C=O) groups is 2. The van der Waals surface area contributed by atoms with Crippen molar-refractivity contribution in [1.29, 1.82) is 0 Å². The summed E-state index contributed by atoms with van der Waals surface area (Å²) in [4.78, 5) is 25.6. The van der Waals surface area contributed by atoms with Crippen LogP contribution in [0.15, 0.2) is 18.3 Å². The summed E-state index contributed by atoms with van der Waals surface area (Å²) in [6.07, 6.45) is 4.48. The third kappa shape index (κ3) is 3.85. The van der Waals surface area contributed by atoms with Gasteiger partial charge in [-0.3, -0.25) is 4.79 Å². The summed E-state index contributed by atoms with van der Waals surface area (Å²) in [5.41, 5.74) is 0.158. The van der Waals surface area contributed by atoms with Gasteiger partial charge in [-0.05, 0) is 44.5 Å². The van der Waals surface area contributed by atoms with Crippen LogP contribution in [0.3, 0.4) is 0 Å². The van der Waals surface area contributed by atoms with Crippen LogP contribution in [0.25, 0.3) is 0 Å². The average molecular weight is 293 g/mol. The number of amides is 1. The standard InChI is InChI=1S/C15H23N3O3/c1-2-9-18(12-5-7-16-8-6-12)14(19)11-17-10-3-4-13(17)15(20)21/h3-4,10,12,16H,2,5-9,11H2,1H3,(H,20,21). The van der Waals surface area contributed by atoms with E-state index < -0.39 is 5.97 Å². The summed E-state index contributed by atoms with van der Waals surface area (Å²) in [7, 11) is 0. The van der Waals surface area contributed by atoms with Gasteiger partial charge in [0.2, 0.25) is 5.91 Å². The van der Waals surface area contributed by atoms with E-state index in [1.54, 1.807) is 12.3 Å². The maximum atomic E-state index is 12.6. The van der Waals surface area contributed by atoms with Crippen LogP contribution >= 0.6 is 0 Å². The third-order valence-electron chi connectivity index (χ3n) is 3.89. The lowest BCUT2D eigenvalue weighted by molar-refractivity contribution is -0.134. The first-order valence-electron chi connectivity index (χ1n) is 7.52. The van der Waals surface area contributed by atoms with E-state index in [2.05, 4.69) is 12.2 Å². The molecule has 0 radical (unpaired) electrons. The van der Waals surface area contributed by atoms with E-state index in [1.807, 2.05) is 4.90 Å². The van der Waals surface area contributed by atoms with Crippen molar-refractivity contribution in [3.05, 3.63) is 24.0 Å². The van der Waals surface area contributed by atoms with Gasteiger partial charge in [0.25, 0.3) is 0 Å². The molecule has 0 atom stereocenters. The monoisotopic (exact) mass is 293 g/mol. The largest absolute Gasteiger partial charge is 0.477 e. The second kappa shape index (κ2) is 7.26. The molecule has 1 aromatic heterocycles. The second-order valence-electron chi connectivity index (χ2n) is 5.39. The van der Waals surface area contributed by atoms with Crippen LogP contribution in [0, 0.1) is 0 Å². The van der Waals surface area contributed by atoms with Crippen LogP contribution in [0.4, 0.5) is 0 Å². The van der Waals surface area contributed by atoms with Crippen molar-refractivity contribution in [3.63, 3.8) is 0 Å². The second-order valence-corrected chi connectivity index (χ2v) is 5.39. The Morgan fingerprint density at radius 2 is 2.14 bits per heavy atom. The zero-order chi connectivity index (χ0) is 15.2. The molecule has 0 saturated carbocycles. The topological polar surface area (TPSA) is 74.6 Å². The third-order valence-corrected chi connectivity index (χ3v) is 3.89. The molecule has 0 aliphatic carbocycles. The Morgan fingerprint density at radius 1 is 1.43 bits per heavy atom. The van der Waals surface area contributed by atoms with Gasteiger partial charge >= 0.3 is 5.97 Å². The van der Waals surface area contributed by atoms with E-state index in [-0.39, 0.29) is 24.2 Å². The summed E-state index contributed by atoms with van der Waals surface area (Å²) < 4.78 is 1.51. The highest BCUT2D eigenvalue weighted by Gasteiger charge is 2.25. The summed E-state index contributed by atoms with van der Waals surface area (Å²) in [5, 5.41) is 12.4. The fourth-order valence-electron chi connectivity index (χ4n) is 2.85. The fraction of sp³-hybridized carbons (Fsp3) is 0.600. The Kier molecular flexibility index (Phi) is 5.38. The van der Waals surface area contributed by atoms with Crippen molar-refractivity contribution in [3.8, 4) is 0 Å². The van der Waals surface area contributed by atoms with E-state index in [0.29, 0.717) is 0 Å². The van der Waals surface area contributed by atoms with Gasteiger partial charge in [-0.2, -0.15) is 0 Å². The highest BCUT2D eigenvalue weighted by Crippen LogP contribution is 2.14. The van der Waals surface area contributed by atoms with Crippen molar-refractivity contribution >= 4 is 11.9 Å². The number of carboxylic acids is 1. The van der Waals surface area contributed by atoms with E-state index in [9.17, 15) is 9.59 Å². The number of aromatic nitrogens is 1. The van der Waals surface area contributed by atoms with E-state index >= 15 is 0 Å². The lowest BCUT2D eigenvalue weighted by atomic mass is 10.0. The Balaban J connectivity index is 2.07. The van der Waals surface area contributed by atoms with Gasteiger partial charge in [-0.15, -0.1) is 0 Å². The normalized spacial score (nSPS) is 15.9. The predicted octanol–water partition coefficient (Wildman–Crippen LogP) is 1.18. The van der Waals surface area contributed by atoms with Gasteiger partial charge in [0.1, 0.15) is 12.2 Å². The SMILES string of the molecule is CCCN(C(=O)Cn1cccc1C(=O)O)C1CCNCC1. The van der Waals surface area contributed by atoms with Crippen LogP contribution in [0.5, 0.6) is 0 Å². The highest BCUT2D eigenvalue weighted by molar-refractivity contribution is 5.87. The molecule has 1 aliphatic rings. The predicted molar refractivity (Wildman–Crippen MR) is 79.3 cm³/mol. The quantitative estimate of drug-likeness (QED) is 0.826. The highest BCUT2D eigenvalue weighted by atomic mass is 16.4. The van der Waals surface area contributed by atoms with Gasteiger partial charge < -0.3 is 19.9 Å². The van der Waals surface area contributed by atoms with Crippen molar-refractivity contribution in [2.24, 2.45) is 0 Å². The lowest BCUT2D eigenvalue weighted by Crippen LogP contribution is -2.47. The van der Waals surface area contributed by atoms with Crippen LogP contribution in [-0.4, -0.2) is 52.1 Å². The first kappa shape index (κ1) is 15.6. The summed E-state index contributed by atoms with van der Waals surface area (Å²) in [6.45, 7) is 4.75. The number of nitrogens with one attached hydrogen (secondary N) is 1. The first-order chi connectivity index (χ1) is 10.1. The molecule has 2 rings (SSSR count). The lowest BCUT2D eigenvalue weighted by Gasteiger charge is -2.34. The molecule has 1 aromatic rings. The fourth-order valence-corrected chi connectivity index (χ4v) is 2.85. The van der Waals surface area contributed by atoms with Crippen molar-refractivity contribution in [1.82, 2.24) is 14.8 Å². The Labute approximate surface area is 124 Å². The molecular formula is C15H23N3O3. The maximum absolute atomic E-state index is 12.6. The van der Waals surface area contributed by atoms with Crippen molar-refractivity contribution < 1.29 is 14.7 Å². The summed E-state index contributed by atoms with van der Waals surface area (Å²) in [5.74, 6) is -1.00. The molecule has 1 aliphatic heterocycles. The molecule has 6 heteroatoms. The van der Waals surface area contributed by atoms with E-state index in [0.717, 1.165) is 38.9 Å². The number of carbonyl (C=O) groups excluding carboxylic acids is 1. The van der Waals surface area contributed by atoms with Crippen LogP contribution in [0.1, 0.15) is 36.7 Å². The molecule has 1 fully saturated rings. The number of hydrogen-bond acceptors (Lipinski definition) is 3. The molecule has 1 amide bonds. The summed E-state index contributed by atoms with van der Waals surface area (Å²) in [6, 6.07) is 3.44. The van der Waals surface area contributed by atoms with Crippen molar-refractivity contribution in [2.45, 2.75) is 38.8 Å². The van der Waals surface area contributed by atoms with Gasteiger partial charge in [0.05, 0.1) is 0 Å². The number of hydrogen-bond donors (Lipinski definition) is 2. The molecular weight excluding hydrogens is 270 g/mol. The minimum absolute atomic E-state index is 0.00227. The van der Waals surface area contributed by atoms with E-state index in [1.165, 1.54) is 10.6 Å². The maximum Gasteiger partial charge on any atom is 0.352 e. The number of rotatable bonds is 6. The Morgan fingerprint density at radius 3 is 2.76 bits per heavy atom. The van der Waals surface area contributed by atoms with Crippen LogP contribution in [-0.2, 0) is 11.3 Å². The minimum atomic E-state index is -1.00. The first-order valence-corrected chi connectivity index (χ1v) is 7.52. The van der Waals surface area contributed by atoms with E-state index in [4.69, 9.17) is 5.11 Å². The Bertz CT molecular complexity index is 492. The number of aromatic carboxylic acids is 1. The zero-order valence-electron chi connectivity index (χ0n) is 12.4.